The molecule has 3 rings (SSSR count). The quantitative estimate of drug-likeness (QED) is 0.729. The van der Waals surface area contributed by atoms with Crippen molar-refractivity contribution in [1.82, 2.24) is 9.80 Å². The number of esters is 1. The van der Waals surface area contributed by atoms with Gasteiger partial charge in [0, 0.05) is 43.4 Å². The second-order valence-electron chi connectivity index (χ2n) is 9.03. The monoisotopic (exact) mass is 322 g/mol. The van der Waals surface area contributed by atoms with Crippen molar-refractivity contribution < 1.29 is 9.53 Å². The molecule has 23 heavy (non-hydrogen) atoms. The van der Waals surface area contributed by atoms with Gasteiger partial charge in [0.2, 0.25) is 0 Å². The average Bonchev–Trinajstić information content (AvgIpc) is 2.97. The Morgan fingerprint density at radius 1 is 1.17 bits per heavy atom. The van der Waals surface area contributed by atoms with Crippen LogP contribution < -0.4 is 0 Å². The first-order valence-electron chi connectivity index (χ1n) is 9.42. The standard InChI is InChI=1S/C19H34N2O2/c1-18(2)15-7-8-19(3,14-15)17(18)23-16(22)6-5-9-21-12-10-20(4)11-13-21/h15,17H,5-14H2,1-4H3/t15-,17-,19+/m0/s1. The maximum absolute atomic E-state index is 12.4. The second-order valence-corrected chi connectivity index (χ2v) is 9.03. The first-order chi connectivity index (χ1) is 10.8. The molecule has 4 heteroatoms. The first-order valence-corrected chi connectivity index (χ1v) is 9.42. The Morgan fingerprint density at radius 3 is 2.48 bits per heavy atom. The number of likely N-dealkylation sites (N-methyl/N-ethyl adjacent to an activating group) is 1. The number of piperazine rings is 1. The number of rotatable bonds is 5. The van der Waals surface area contributed by atoms with Gasteiger partial charge in [0.05, 0.1) is 0 Å². The highest BCUT2D eigenvalue weighted by Gasteiger charge is 2.61. The number of hydrogen-bond acceptors (Lipinski definition) is 4. The molecule has 0 amide bonds. The molecule has 1 aliphatic heterocycles. The molecular formula is C19H34N2O2. The van der Waals surface area contributed by atoms with Crippen LogP contribution in [0.3, 0.4) is 0 Å². The fourth-order valence-corrected chi connectivity index (χ4v) is 5.26. The summed E-state index contributed by atoms with van der Waals surface area (Å²) >= 11 is 0. The molecule has 0 radical (unpaired) electrons. The minimum Gasteiger partial charge on any atom is -0.461 e. The fourth-order valence-electron chi connectivity index (χ4n) is 5.26. The SMILES string of the molecule is CN1CCN(CCCC(=O)O[C@H]2C(C)(C)[C@H]3CC[C@]2(C)C3)CC1. The minimum atomic E-state index is 0.0194. The Hall–Kier alpha value is -0.610. The second kappa shape index (κ2) is 6.36. The van der Waals surface area contributed by atoms with E-state index >= 15 is 0 Å². The van der Waals surface area contributed by atoms with E-state index in [0.717, 1.165) is 45.1 Å². The molecule has 1 heterocycles. The van der Waals surface area contributed by atoms with E-state index in [1.807, 2.05) is 0 Å². The van der Waals surface area contributed by atoms with E-state index in [1.165, 1.54) is 19.3 Å². The van der Waals surface area contributed by atoms with Crippen LogP contribution in [0.5, 0.6) is 0 Å². The van der Waals surface area contributed by atoms with Gasteiger partial charge in [-0.15, -0.1) is 0 Å². The maximum Gasteiger partial charge on any atom is 0.306 e. The smallest absolute Gasteiger partial charge is 0.306 e. The van der Waals surface area contributed by atoms with E-state index in [-0.39, 0.29) is 22.9 Å². The van der Waals surface area contributed by atoms with Crippen LogP contribution in [0.2, 0.25) is 0 Å². The predicted octanol–water partition coefficient (Wildman–Crippen LogP) is 2.77. The molecule has 3 atom stereocenters. The van der Waals surface area contributed by atoms with E-state index in [0.29, 0.717) is 6.42 Å². The van der Waals surface area contributed by atoms with Crippen LogP contribution in [0, 0.1) is 16.7 Å². The van der Waals surface area contributed by atoms with E-state index in [1.54, 1.807) is 0 Å². The Balaban J connectivity index is 1.43. The third-order valence-corrected chi connectivity index (χ3v) is 6.84. The maximum atomic E-state index is 12.4. The largest absolute Gasteiger partial charge is 0.461 e. The Bertz CT molecular complexity index is 438. The summed E-state index contributed by atoms with van der Waals surface area (Å²) in [4.78, 5) is 17.2. The molecule has 2 bridgehead atoms. The highest BCUT2D eigenvalue weighted by atomic mass is 16.5. The lowest BCUT2D eigenvalue weighted by Gasteiger charge is -2.41. The van der Waals surface area contributed by atoms with Gasteiger partial charge in [-0.1, -0.05) is 20.8 Å². The predicted molar refractivity (Wildman–Crippen MR) is 92.3 cm³/mol. The first kappa shape index (κ1) is 17.2. The van der Waals surface area contributed by atoms with E-state index in [4.69, 9.17) is 4.74 Å². The van der Waals surface area contributed by atoms with E-state index < -0.39 is 0 Å². The lowest BCUT2D eigenvalue weighted by atomic mass is 9.70. The Labute approximate surface area is 141 Å². The van der Waals surface area contributed by atoms with Gasteiger partial charge in [-0.25, -0.2) is 0 Å². The normalized spacial score (nSPS) is 37.2. The van der Waals surface area contributed by atoms with Crippen LogP contribution in [0.1, 0.15) is 52.9 Å². The van der Waals surface area contributed by atoms with Gasteiger partial charge >= 0.3 is 5.97 Å². The Kier molecular flexibility index (Phi) is 4.76. The summed E-state index contributed by atoms with van der Waals surface area (Å²) in [6, 6.07) is 0. The highest BCUT2D eigenvalue weighted by Crippen LogP contribution is 2.63. The summed E-state index contributed by atoms with van der Waals surface area (Å²) < 4.78 is 6.00. The van der Waals surface area contributed by atoms with Crippen LogP contribution in [0.4, 0.5) is 0 Å². The van der Waals surface area contributed by atoms with Crippen molar-refractivity contribution >= 4 is 5.97 Å². The van der Waals surface area contributed by atoms with Crippen LogP contribution >= 0.6 is 0 Å². The topological polar surface area (TPSA) is 32.8 Å². The summed E-state index contributed by atoms with van der Waals surface area (Å²) in [6.45, 7) is 12.5. The van der Waals surface area contributed by atoms with Crippen LogP contribution in [0.15, 0.2) is 0 Å². The summed E-state index contributed by atoms with van der Waals surface area (Å²) in [5.74, 6) is 0.751. The molecule has 132 valence electrons. The van der Waals surface area contributed by atoms with Gasteiger partial charge in [-0.3, -0.25) is 4.79 Å². The van der Waals surface area contributed by atoms with Crippen LogP contribution in [0.25, 0.3) is 0 Å². The molecule has 3 fully saturated rings. The molecule has 2 saturated carbocycles. The number of ether oxygens (including phenoxy) is 1. The molecule has 0 aromatic heterocycles. The van der Waals surface area contributed by atoms with Gasteiger partial charge in [0.1, 0.15) is 6.10 Å². The third-order valence-electron chi connectivity index (χ3n) is 6.84. The van der Waals surface area contributed by atoms with Crippen molar-refractivity contribution in [2.24, 2.45) is 16.7 Å². The minimum absolute atomic E-state index is 0.0194. The molecule has 4 nitrogen and oxygen atoms in total. The summed E-state index contributed by atoms with van der Waals surface area (Å²) in [5, 5.41) is 0. The van der Waals surface area contributed by atoms with Gasteiger partial charge in [-0.05, 0) is 45.2 Å². The molecule has 0 N–H and O–H groups in total. The van der Waals surface area contributed by atoms with Gasteiger partial charge in [0.25, 0.3) is 0 Å². The summed E-state index contributed by atoms with van der Waals surface area (Å²) in [7, 11) is 2.17. The Morgan fingerprint density at radius 2 is 1.87 bits per heavy atom. The highest BCUT2D eigenvalue weighted by molar-refractivity contribution is 5.69. The molecule has 0 spiro atoms. The van der Waals surface area contributed by atoms with Crippen molar-refractivity contribution in [3.05, 3.63) is 0 Å². The van der Waals surface area contributed by atoms with Crippen molar-refractivity contribution in [3.8, 4) is 0 Å². The number of carbonyl (C=O) groups excluding carboxylic acids is 1. The lowest BCUT2D eigenvalue weighted by molar-refractivity contribution is -0.164. The molecule has 0 aromatic rings. The van der Waals surface area contributed by atoms with Gasteiger partial charge < -0.3 is 14.5 Å². The molecule has 3 aliphatic rings. The van der Waals surface area contributed by atoms with Crippen molar-refractivity contribution in [1.29, 1.82) is 0 Å². The lowest BCUT2D eigenvalue weighted by Crippen LogP contribution is -2.45. The molecule has 0 aromatic carbocycles. The summed E-state index contributed by atoms with van der Waals surface area (Å²) in [5.41, 5.74) is 0.376. The number of fused-ring (bicyclic) bond motifs is 2. The van der Waals surface area contributed by atoms with Crippen molar-refractivity contribution in [3.63, 3.8) is 0 Å². The fraction of sp³-hybridized carbons (Fsp3) is 0.947. The average molecular weight is 322 g/mol. The van der Waals surface area contributed by atoms with E-state index in [9.17, 15) is 4.79 Å². The van der Waals surface area contributed by atoms with Crippen molar-refractivity contribution in [2.75, 3.05) is 39.8 Å². The van der Waals surface area contributed by atoms with Gasteiger partial charge in [0.15, 0.2) is 0 Å². The molecular weight excluding hydrogens is 288 g/mol. The number of nitrogens with zero attached hydrogens (tertiary/aromatic N) is 2. The zero-order valence-corrected chi connectivity index (χ0v) is 15.4. The number of carbonyl (C=O) groups is 1. The molecule has 1 saturated heterocycles. The zero-order chi connectivity index (χ0) is 16.7. The molecule has 0 unspecified atom stereocenters. The third kappa shape index (κ3) is 3.43. The van der Waals surface area contributed by atoms with Crippen LogP contribution in [-0.2, 0) is 9.53 Å². The number of hydrogen-bond donors (Lipinski definition) is 0. The van der Waals surface area contributed by atoms with E-state index in [2.05, 4.69) is 37.6 Å². The molecule has 2 aliphatic carbocycles. The van der Waals surface area contributed by atoms with Gasteiger partial charge in [-0.2, -0.15) is 0 Å². The van der Waals surface area contributed by atoms with Crippen LogP contribution in [-0.4, -0.2) is 61.6 Å². The zero-order valence-electron chi connectivity index (χ0n) is 15.4. The summed E-state index contributed by atoms with van der Waals surface area (Å²) in [6.07, 6.45) is 5.38. The van der Waals surface area contributed by atoms with Crippen molar-refractivity contribution in [2.45, 2.75) is 59.0 Å².